The predicted octanol–water partition coefficient (Wildman–Crippen LogP) is 3.16. The van der Waals surface area contributed by atoms with E-state index in [0.29, 0.717) is 18.1 Å². The lowest BCUT2D eigenvalue weighted by Crippen LogP contribution is -2.42. The molecule has 0 N–H and O–H groups in total. The molecule has 0 bridgehead atoms. The summed E-state index contributed by atoms with van der Waals surface area (Å²) in [5, 5.41) is 2.14. The zero-order valence-electron chi connectivity index (χ0n) is 12.0. The molecule has 1 aromatic heterocycles. The van der Waals surface area contributed by atoms with E-state index in [0.717, 1.165) is 6.42 Å². The Morgan fingerprint density at radius 2 is 2.30 bits per heavy atom. The van der Waals surface area contributed by atoms with E-state index in [1.807, 2.05) is 0 Å². The van der Waals surface area contributed by atoms with E-state index in [2.05, 4.69) is 4.98 Å². The fourth-order valence-corrected chi connectivity index (χ4v) is 3.30. The molecule has 120 valence electrons. The second kappa shape index (κ2) is 6.64. The van der Waals surface area contributed by atoms with Gasteiger partial charge < -0.3 is 4.90 Å². The molecule has 23 heavy (non-hydrogen) atoms. The molecule has 1 aliphatic rings. The first kappa shape index (κ1) is 15.9. The SMILES string of the molecule is O=C1CCCN1CN(C(=O)c1c(F)cccc1Cl)c1nccs1. The van der Waals surface area contributed by atoms with Gasteiger partial charge in [-0.2, -0.15) is 0 Å². The second-order valence-corrected chi connectivity index (χ2v) is 6.33. The summed E-state index contributed by atoms with van der Waals surface area (Å²) in [6.07, 6.45) is 2.76. The van der Waals surface area contributed by atoms with E-state index >= 15 is 0 Å². The minimum absolute atomic E-state index is 0.0287. The number of carbonyl (C=O) groups excluding carboxylic acids is 2. The van der Waals surface area contributed by atoms with Crippen LogP contribution in [0.25, 0.3) is 0 Å². The van der Waals surface area contributed by atoms with Crippen LogP contribution in [0.4, 0.5) is 9.52 Å². The number of amides is 2. The average molecular weight is 354 g/mol. The molecule has 0 radical (unpaired) electrons. The average Bonchev–Trinajstić information content (AvgIpc) is 3.16. The maximum Gasteiger partial charge on any atom is 0.266 e. The molecule has 8 heteroatoms. The van der Waals surface area contributed by atoms with Crippen LogP contribution in [0, 0.1) is 5.82 Å². The Bertz CT molecular complexity index is 718. The molecule has 2 heterocycles. The molecular formula is C15H13ClFN3O2S. The van der Waals surface area contributed by atoms with E-state index in [1.54, 1.807) is 16.5 Å². The van der Waals surface area contributed by atoms with Gasteiger partial charge >= 0.3 is 0 Å². The molecule has 1 aromatic carbocycles. The summed E-state index contributed by atoms with van der Waals surface area (Å²) in [5.74, 6) is -1.33. The predicted molar refractivity (Wildman–Crippen MR) is 86.1 cm³/mol. The Hall–Kier alpha value is -1.99. The Morgan fingerprint density at radius 3 is 2.91 bits per heavy atom. The highest BCUT2D eigenvalue weighted by molar-refractivity contribution is 7.13. The summed E-state index contributed by atoms with van der Waals surface area (Å²) in [4.78, 5) is 31.6. The van der Waals surface area contributed by atoms with Crippen molar-refractivity contribution < 1.29 is 14.0 Å². The molecule has 3 rings (SSSR count). The molecular weight excluding hydrogens is 341 g/mol. The lowest BCUT2D eigenvalue weighted by molar-refractivity contribution is -0.127. The minimum Gasteiger partial charge on any atom is -0.324 e. The Kier molecular flexibility index (Phi) is 4.58. The Morgan fingerprint density at radius 1 is 1.48 bits per heavy atom. The van der Waals surface area contributed by atoms with Gasteiger partial charge in [0, 0.05) is 24.5 Å². The van der Waals surface area contributed by atoms with Gasteiger partial charge in [-0.25, -0.2) is 9.37 Å². The highest BCUT2D eigenvalue weighted by atomic mass is 35.5. The summed E-state index contributed by atoms with van der Waals surface area (Å²) in [5.41, 5.74) is -0.212. The van der Waals surface area contributed by atoms with Gasteiger partial charge in [-0.3, -0.25) is 14.5 Å². The summed E-state index contributed by atoms with van der Waals surface area (Å²) >= 11 is 7.23. The van der Waals surface area contributed by atoms with Crippen molar-refractivity contribution in [3.63, 3.8) is 0 Å². The number of likely N-dealkylation sites (tertiary alicyclic amines) is 1. The van der Waals surface area contributed by atoms with E-state index in [1.165, 1.54) is 34.4 Å². The molecule has 1 aliphatic heterocycles. The van der Waals surface area contributed by atoms with Gasteiger partial charge in [0.2, 0.25) is 5.91 Å². The van der Waals surface area contributed by atoms with Crippen LogP contribution in [0.15, 0.2) is 29.8 Å². The Balaban J connectivity index is 1.95. The number of benzene rings is 1. The molecule has 0 spiro atoms. The summed E-state index contributed by atoms with van der Waals surface area (Å²) in [6.45, 7) is 0.606. The second-order valence-electron chi connectivity index (χ2n) is 5.05. The van der Waals surface area contributed by atoms with Gasteiger partial charge in [0.1, 0.15) is 12.5 Å². The number of aromatic nitrogens is 1. The molecule has 1 fully saturated rings. The topological polar surface area (TPSA) is 53.5 Å². The van der Waals surface area contributed by atoms with Gasteiger partial charge in [-0.05, 0) is 18.6 Å². The van der Waals surface area contributed by atoms with Crippen molar-refractivity contribution >= 4 is 39.9 Å². The number of hydrogen-bond donors (Lipinski definition) is 0. The van der Waals surface area contributed by atoms with E-state index < -0.39 is 11.7 Å². The maximum atomic E-state index is 14.1. The van der Waals surface area contributed by atoms with Crippen LogP contribution in [0.1, 0.15) is 23.2 Å². The van der Waals surface area contributed by atoms with Gasteiger partial charge in [-0.15, -0.1) is 11.3 Å². The van der Waals surface area contributed by atoms with Gasteiger partial charge in [0.25, 0.3) is 5.91 Å². The number of thiazole rings is 1. The molecule has 0 unspecified atom stereocenters. The van der Waals surface area contributed by atoms with Crippen molar-refractivity contribution in [2.24, 2.45) is 0 Å². The summed E-state index contributed by atoms with van der Waals surface area (Å²) in [7, 11) is 0. The monoisotopic (exact) mass is 353 g/mol. The largest absolute Gasteiger partial charge is 0.324 e. The number of nitrogens with zero attached hydrogens (tertiary/aromatic N) is 3. The third-order valence-corrected chi connectivity index (χ3v) is 4.66. The van der Waals surface area contributed by atoms with Crippen LogP contribution in [0.5, 0.6) is 0 Å². The third-order valence-electron chi connectivity index (χ3n) is 3.56. The van der Waals surface area contributed by atoms with E-state index in [4.69, 9.17) is 11.6 Å². The molecule has 0 aliphatic carbocycles. The van der Waals surface area contributed by atoms with Crippen molar-refractivity contribution in [3.8, 4) is 0 Å². The quantitative estimate of drug-likeness (QED) is 0.848. The normalized spacial score (nSPS) is 14.3. The van der Waals surface area contributed by atoms with Gasteiger partial charge in [0.05, 0.1) is 10.6 Å². The highest BCUT2D eigenvalue weighted by Crippen LogP contribution is 2.26. The van der Waals surface area contributed by atoms with Crippen LogP contribution in [-0.2, 0) is 4.79 Å². The summed E-state index contributed by atoms with van der Waals surface area (Å²) < 4.78 is 14.1. The van der Waals surface area contributed by atoms with Gasteiger partial charge in [-0.1, -0.05) is 17.7 Å². The molecule has 1 saturated heterocycles. The molecule has 0 atom stereocenters. The van der Waals surface area contributed by atoms with Crippen LogP contribution in [-0.4, -0.2) is 34.9 Å². The molecule has 0 saturated carbocycles. The van der Waals surface area contributed by atoms with Crippen LogP contribution in [0.2, 0.25) is 5.02 Å². The maximum absolute atomic E-state index is 14.1. The smallest absolute Gasteiger partial charge is 0.266 e. The fourth-order valence-electron chi connectivity index (χ4n) is 2.42. The first-order chi connectivity index (χ1) is 11.1. The molecule has 2 aromatic rings. The number of rotatable bonds is 4. The standard InChI is InChI=1S/C15H13ClFN3O2S/c16-10-3-1-4-11(17)13(10)14(22)20(15-18-6-8-23-15)9-19-7-2-5-12(19)21/h1,3-4,6,8H,2,5,7,9H2. The fraction of sp³-hybridized carbons (Fsp3) is 0.267. The zero-order valence-corrected chi connectivity index (χ0v) is 13.6. The van der Waals surface area contributed by atoms with Crippen molar-refractivity contribution in [2.45, 2.75) is 12.8 Å². The van der Waals surface area contributed by atoms with Crippen LogP contribution in [0.3, 0.4) is 0 Å². The van der Waals surface area contributed by atoms with Crippen molar-refractivity contribution in [1.29, 1.82) is 0 Å². The van der Waals surface area contributed by atoms with E-state index in [-0.39, 0.29) is 23.2 Å². The Labute approximate surface area is 141 Å². The lowest BCUT2D eigenvalue weighted by Gasteiger charge is -2.26. The van der Waals surface area contributed by atoms with Crippen molar-refractivity contribution in [2.75, 3.05) is 18.1 Å². The minimum atomic E-state index is -0.697. The molecule has 5 nitrogen and oxygen atoms in total. The van der Waals surface area contributed by atoms with Gasteiger partial charge in [0.15, 0.2) is 5.13 Å². The van der Waals surface area contributed by atoms with E-state index in [9.17, 15) is 14.0 Å². The number of anilines is 1. The lowest BCUT2D eigenvalue weighted by atomic mass is 10.2. The van der Waals surface area contributed by atoms with Crippen LogP contribution >= 0.6 is 22.9 Å². The van der Waals surface area contributed by atoms with Crippen molar-refractivity contribution in [1.82, 2.24) is 9.88 Å². The van der Waals surface area contributed by atoms with Crippen LogP contribution < -0.4 is 4.90 Å². The first-order valence-corrected chi connectivity index (χ1v) is 8.27. The number of halogens is 2. The zero-order chi connectivity index (χ0) is 16.4. The third kappa shape index (κ3) is 3.20. The highest BCUT2D eigenvalue weighted by Gasteiger charge is 2.29. The number of carbonyl (C=O) groups is 2. The molecule has 2 amide bonds. The first-order valence-electron chi connectivity index (χ1n) is 7.01. The van der Waals surface area contributed by atoms with Crippen molar-refractivity contribution in [3.05, 3.63) is 46.2 Å². The number of hydrogen-bond acceptors (Lipinski definition) is 4. The summed E-state index contributed by atoms with van der Waals surface area (Å²) in [6, 6.07) is 4.07.